The molecule has 0 saturated heterocycles. The van der Waals surface area contributed by atoms with Crippen LogP contribution in [0.5, 0.6) is 0 Å². The summed E-state index contributed by atoms with van der Waals surface area (Å²) in [6.07, 6.45) is 3.68. The van der Waals surface area contributed by atoms with Crippen molar-refractivity contribution < 1.29 is 4.39 Å². The van der Waals surface area contributed by atoms with Gasteiger partial charge in [0.1, 0.15) is 5.82 Å². The van der Waals surface area contributed by atoms with E-state index in [0.29, 0.717) is 17.1 Å². The molecule has 0 radical (unpaired) electrons. The number of hydrogen-bond donors (Lipinski definition) is 1. The van der Waals surface area contributed by atoms with E-state index in [1.54, 1.807) is 16.8 Å². The second kappa shape index (κ2) is 4.36. The topological polar surface area (TPSA) is 17.0 Å². The van der Waals surface area contributed by atoms with Gasteiger partial charge in [-0.2, -0.15) is 0 Å². The van der Waals surface area contributed by atoms with Crippen molar-refractivity contribution in [2.45, 2.75) is 6.54 Å². The van der Waals surface area contributed by atoms with Crippen LogP contribution < -0.4 is 5.43 Å². The number of rotatable bonds is 3. The van der Waals surface area contributed by atoms with Crippen LogP contribution in [0, 0.1) is 5.82 Å². The smallest absolute Gasteiger partial charge is 0.129 e. The molecule has 1 heterocycles. The Labute approximate surface area is 92.3 Å². The quantitative estimate of drug-likeness (QED) is 0.848. The van der Waals surface area contributed by atoms with Gasteiger partial charge in [0, 0.05) is 23.0 Å². The molecule has 0 atom stereocenters. The number of hydrogen-bond acceptors (Lipinski definition) is 1. The lowest BCUT2D eigenvalue weighted by atomic mass is 10.2. The first-order valence-electron chi connectivity index (χ1n) is 4.57. The largest absolute Gasteiger partial charge is 0.322 e. The second-order valence-corrected chi connectivity index (χ2v) is 3.53. The molecule has 0 amide bonds. The minimum Gasteiger partial charge on any atom is -0.322 e. The van der Waals surface area contributed by atoms with E-state index in [1.165, 1.54) is 6.07 Å². The van der Waals surface area contributed by atoms with E-state index in [9.17, 15) is 4.39 Å². The van der Waals surface area contributed by atoms with Gasteiger partial charge in [0.25, 0.3) is 0 Å². The lowest BCUT2D eigenvalue weighted by Gasteiger charge is -2.09. The molecule has 1 N–H and O–H groups in total. The van der Waals surface area contributed by atoms with Crippen molar-refractivity contribution >= 4 is 11.6 Å². The van der Waals surface area contributed by atoms with E-state index < -0.39 is 0 Å². The normalized spacial score (nSPS) is 10.3. The van der Waals surface area contributed by atoms with Gasteiger partial charge in [-0.15, -0.1) is 0 Å². The summed E-state index contributed by atoms with van der Waals surface area (Å²) in [6.45, 7) is 0.361. The fourth-order valence-corrected chi connectivity index (χ4v) is 1.54. The van der Waals surface area contributed by atoms with Crippen LogP contribution in [0.3, 0.4) is 0 Å². The van der Waals surface area contributed by atoms with E-state index >= 15 is 0 Å². The summed E-state index contributed by atoms with van der Waals surface area (Å²) >= 11 is 5.88. The van der Waals surface area contributed by atoms with E-state index in [4.69, 9.17) is 11.6 Å². The predicted molar refractivity (Wildman–Crippen MR) is 58.9 cm³/mol. The van der Waals surface area contributed by atoms with Gasteiger partial charge in [-0.25, -0.2) is 4.39 Å². The maximum Gasteiger partial charge on any atom is 0.129 e. The zero-order chi connectivity index (χ0) is 10.7. The zero-order valence-corrected chi connectivity index (χ0v) is 8.71. The van der Waals surface area contributed by atoms with Crippen LogP contribution in [0.4, 0.5) is 4.39 Å². The summed E-state index contributed by atoms with van der Waals surface area (Å²) in [5.74, 6) is -0.290. The fourth-order valence-electron chi connectivity index (χ4n) is 1.31. The number of nitrogens with zero attached hydrogens (tertiary/aromatic N) is 1. The summed E-state index contributed by atoms with van der Waals surface area (Å²) < 4.78 is 15.1. The van der Waals surface area contributed by atoms with E-state index in [2.05, 4.69) is 5.43 Å². The van der Waals surface area contributed by atoms with Crippen molar-refractivity contribution in [3.05, 3.63) is 59.1 Å². The molecule has 0 bridgehead atoms. The van der Waals surface area contributed by atoms with Crippen LogP contribution in [0.15, 0.2) is 42.7 Å². The number of halogens is 2. The highest BCUT2D eigenvalue weighted by Gasteiger charge is 2.05. The summed E-state index contributed by atoms with van der Waals surface area (Å²) in [5, 5.41) is 0.439. The Morgan fingerprint density at radius 2 is 1.93 bits per heavy atom. The highest BCUT2D eigenvalue weighted by Crippen LogP contribution is 2.18. The minimum atomic E-state index is -0.290. The number of nitrogens with one attached hydrogen (secondary N) is 1. The van der Waals surface area contributed by atoms with Gasteiger partial charge in [-0.3, -0.25) is 4.68 Å². The van der Waals surface area contributed by atoms with E-state index in [1.807, 2.05) is 24.5 Å². The molecule has 0 fully saturated rings. The molecule has 1 aromatic heterocycles. The molecule has 0 spiro atoms. The Morgan fingerprint density at radius 1 is 1.20 bits per heavy atom. The molecule has 15 heavy (non-hydrogen) atoms. The first-order chi connectivity index (χ1) is 7.27. The van der Waals surface area contributed by atoms with Gasteiger partial charge in [-0.1, -0.05) is 17.7 Å². The third-order valence-electron chi connectivity index (χ3n) is 2.10. The third-order valence-corrected chi connectivity index (χ3v) is 2.46. The van der Waals surface area contributed by atoms with Crippen molar-refractivity contribution in [1.29, 1.82) is 0 Å². The standard InChI is InChI=1S/C11H10ClFN2/c12-10-4-3-5-11(13)9(10)8-14-15-6-1-2-7-15/h1-7,14H,8H2. The molecule has 78 valence electrons. The maximum atomic E-state index is 13.3. The van der Waals surface area contributed by atoms with Gasteiger partial charge in [0.2, 0.25) is 0 Å². The maximum absolute atomic E-state index is 13.3. The molecule has 0 aliphatic carbocycles. The lowest BCUT2D eigenvalue weighted by Crippen LogP contribution is -2.13. The summed E-state index contributed by atoms with van der Waals surface area (Å²) in [7, 11) is 0. The van der Waals surface area contributed by atoms with E-state index in [-0.39, 0.29) is 5.82 Å². The van der Waals surface area contributed by atoms with Gasteiger partial charge in [-0.05, 0) is 24.3 Å². The third kappa shape index (κ3) is 2.30. The van der Waals surface area contributed by atoms with E-state index in [0.717, 1.165) is 0 Å². The molecular weight excluding hydrogens is 215 g/mol. The van der Waals surface area contributed by atoms with Crippen LogP contribution in [-0.4, -0.2) is 4.68 Å². The predicted octanol–water partition coefficient (Wildman–Crippen LogP) is 3.02. The fraction of sp³-hybridized carbons (Fsp3) is 0.0909. The Bertz CT molecular complexity index is 420. The van der Waals surface area contributed by atoms with Crippen LogP contribution in [0.1, 0.15) is 5.56 Å². The average molecular weight is 225 g/mol. The molecule has 1 aromatic carbocycles. The SMILES string of the molecule is Fc1cccc(Cl)c1CNn1cccc1. The molecule has 2 nitrogen and oxygen atoms in total. The lowest BCUT2D eigenvalue weighted by molar-refractivity contribution is 0.609. The molecule has 2 aromatic rings. The molecule has 0 saturated carbocycles. The molecule has 4 heteroatoms. The minimum absolute atomic E-state index is 0.290. The van der Waals surface area contributed by atoms with Crippen molar-refractivity contribution in [2.24, 2.45) is 0 Å². The van der Waals surface area contributed by atoms with Crippen molar-refractivity contribution in [2.75, 3.05) is 5.43 Å². The van der Waals surface area contributed by atoms with Gasteiger partial charge in [0.05, 0.1) is 6.54 Å². The summed E-state index contributed by atoms with van der Waals surface area (Å²) in [6, 6.07) is 8.44. The highest BCUT2D eigenvalue weighted by atomic mass is 35.5. The van der Waals surface area contributed by atoms with Crippen LogP contribution in [0.25, 0.3) is 0 Å². The van der Waals surface area contributed by atoms with Crippen LogP contribution in [0.2, 0.25) is 5.02 Å². The molecule has 0 aliphatic heterocycles. The first-order valence-corrected chi connectivity index (χ1v) is 4.95. The van der Waals surface area contributed by atoms with Crippen LogP contribution in [-0.2, 0) is 6.54 Å². The average Bonchev–Trinajstić information content (AvgIpc) is 2.70. The van der Waals surface area contributed by atoms with Gasteiger partial charge < -0.3 is 5.43 Å². The summed E-state index contributed by atoms with van der Waals surface area (Å²) in [4.78, 5) is 0. The molecular formula is C11H10ClFN2. The zero-order valence-electron chi connectivity index (χ0n) is 7.95. The van der Waals surface area contributed by atoms with Gasteiger partial charge in [0.15, 0.2) is 0 Å². The first kappa shape index (κ1) is 10.1. The molecule has 0 unspecified atom stereocenters. The second-order valence-electron chi connectivity index (χ2n) is 3.13. The molecule has 0 aliphatic rings. The van der Waals surface area contributed by atoms with Crippen molar-refractivity contribution in [3.8, 4) is 0 Å². The Kier molecular flexibility index (Phi) is 2.92. The van der Waals surface area contributed by atoms with Gasteiger partial charge >= 0.3 is 0 Å². The number of benzene rings is 1. The van der Waals surface area contributed by atoms with Crippen molar-refractivity contribution in [1.82, 2.24) is 4.68 Å². The number of aromatic nitrogens is 1. The monoisotopic (exact) mass is 224 g/mol. The van der Waals surface area contributed by atoms with Crippen LogP contribution >= 0.6 is 11.6 Å². The molecule has 2 rings (SSSR count). The Hall–Kier alpha value is -1.48. The Morgan fingerprint density at radius 3 is 2.60 bits per heavy atom. The summed E-state index contributed by atoms with van der Waals surface area (Å²) in [5.41, 5.74) is 3.49. The Balaban J connectivity index is 2.11. The highest BCUT2D eigenvalue weighted by molar-refractivity contribution is 6.31. The van der Waals surface area contributed by atoms with Crippen molar-refractivity contribution in [3.63, 3.8) is 0 Å².